The van der Waals surface area contributed by atoms with Gasteiger partial charge in [0.25, 0.3) is 0 Å². The zero-order chi connectivity index (χ0) is 19.7. The van der Waals surface area contributed by atoms with Gasteiger partial charge in [-0.3, -0.25) is 9.47 Å². The van der Waals surface area contributed by atoms with Gasteiger partial charge in [0.05, 0.1) is 18.5 Å². The highest BCUT2D eigenvalue weighted by Crippen LogP contribution is 2.25. The van der Waals surface area contributed by atoms with Gasteiger partial charge in [0.2, 0.25) is 4.77 Å². The summed E-state index contributed by atoms with van der Waals surface area (Å²) in [5.74, 6) is -0.876. The van der Waals surface area contributed by atoms with Crippen molar-refractivity contribution in [2.24, 2.45) is 0 Å². The number of hydrogen-bond donors (Lipinski definition) is 1. The molecular formula is C20H20F2N4OS. The third-order valence-electron chi connectivity index (χ3n) is 4.84. The van der Waals surface area contributed by atoms with Crippen LogP contribution in [0.4, 0.5) is 8.78 Å². The van der Waals surface area contributed by atoms with Crippen molar-refractivity contribution in [2.75, 3.05) is 13.1 Å². The first-order chi connectivity index (χ1) is 13.5. The van der Waals surface area contributed by atoms with Crippen LogP contribution in [0.25, 0.3) is 17.1 Å². The molecule has 0 amide bonds. The Balaban J connectivity index is 1.81. The lowest BCUT2D eigenvalue weighted by molar-refractivity contribution is 0.0513. The molecule has 0 aliphatic carbocycles. The molecule has 1 aliphatic rings. The SMILES string of the molecule is O[C@@H]1CCCN(Cn2nc(-c3ccccc3)n(-c3ccc(F)cc3F)c2=S)C1. The van der Waals surface area contributed by atoms with Gasteiger partial charge in [-0.1, -0.05) is 30.3 Å². The van der Waals surface area contributed by atoms with Crippen molar-refractivity contribution >= 4 is 12.2 Å². The van der Waals surface area contributed by atoms with Crippen LogP contribution in [-0.2, 0) is 6.67 Å². The summed E-state index contributed by atoms with van der Waals surface area (Å²) in [6.07, 6.45) is 1.31. The standard InChI is InChI=1S/C20H20F2N4OS/c21-15-8-9-18(17(22)11-15)26-19(14-5-2-1-3-6-14)23-25(20(26)28)13-24-10-4-7-16(27)12-24/h1-3,5-6,8-9,11,16,27H,4,7,10,12-13H2/t16-/m1/s1. The average Bonchev–Trinajstić information content (AvgIpc) is 2.99. The summed E-state index contributed by atoms with van der Waals surface area (Å²) in [5, 5.41) is 14.5. The Morgan fingerprint density at radius 3 is 2.64 bits per heavy atom. The highest BCUT2D eigenvalue weighted by Gasteiger charge is 2.21. The Kier molecular flexibility index (Phi) is 5.34. The molecule has 2 aromatic carbocycles. The first kappa shape index (κ1) is 18.9. The van der Waals surface area contributed by atoms with Crippen molar-refractivity contribution in [1.29, 1.82) is 0 Å². The number of benzene rings is 2. The van der Waals surface area contributed by atoms with E-state index in [4.69, 9.17) is 12.2 Å². The Morgan fingerprint density at radius 1 is 1.14 bits per heavy atom. The zero-order valence-corrected chi connectivity index (χ0v) is 15.9. The molecule has 0 bridgehead atoms. The number of aliphatic hydroxyl groups excluding tert-OH is 1. The predicted molar refractivity (Wildman–Crippen MR) is 105 cm³/mol. The number of halogens is 2. The lowest BCUT2D eigenvalue weighted by atomic mass is 10.1. The van der Waals surface area contributed by atoms with E-state index in [-0.39, 0.29) is 11.8 Å². The fourth-order valence-electron chi connectivity index (χ4n) is 3.50. The number of rotatable bonds is 4. The summed E-state index contributed by atoms with van der Waals surface area (Å²) in [6, 6.07) is 12.7. The number of likely N-dealkylation sites (tertiary alicyclic amines) is 1. The average molecular weight is 402 g/mol. The van der Waals surface area contributed by atoms with Gasteiger partial charge in [-0.2, -0.15) is 0 Å². The van der Waals surface area contributed by atoms with Gasteiger partial charge in [0.15, 0.2) is 5.82 Å². The topological polar surface area (TPSA) is 46.2 Å². The fourth-order valence-corrected chi connectivity index (χ4v) is 3.79. The van der Waals surface area contributed by atoms with Crippen LogP contribution in [0.2, 0.25) is 0 Å². The van der Waals surface area contributed by atoms with Gasteiger partial charge < -0.3 is 5.11 Å². The fraction of sp³-hybridized carbons (Fsp3) is 0.300. The zero-order valence-electron chi connectivity index (χ0n) is 15.1. The van der Waals surface area contributed by atoms with Crippen LogP contribution >= 0.6 is 12.2 Å². The quantitative estimate of drug-likeness (QED) is 0.675. The molecule has 5 nitrogen and oxygen atoms in total. The van der Waals surface area contributed by atoms with Crippen LogP contribution in [0.15, 0.2) is 48.5 Å². The maximum Gasteiger partial charge on any atom is 0.204 e. The first-order valence-electron chi connectivity index (χ1n) is 9.14. The Bertz CT molecular complexity index is 1030. The van der Waals surface area contributed by atoms with E-state index < -0.39 is 11.6 Å². The number of β-amino-alcohol motifs (C(OH)–C–C–N with tert-alkyl or cyclic N) is 1. The Hall–Kier alpha value is -2.42. The lowest BCUT2D eigenvalue weighted by Gasteiger charge is -2.29. The highest BCUT2D eigenvalue weighted by atomic mass is 32.1. The molecule has 0 spiro atoms. The van der Waals surface area contributed by atoms with Gasteiger partial charge in [0, 0.05) is 24.7 Å². The van der Waals surface area contributed by atoms with E-state index in [1.165, 1.54) is 16.7 Å². The van der Waals surface area contributed by atoms with E-state index in [1.807, 2.05) is 30.3 Å². The van der Waals surface area contributed by atoms with Crippen molar-refractivity contribution in [3.05, 3.63) is 64.9 Å². The number of nitrogens with zero attached hydrogens (tertiary/aromatic N) is 4. The summed E-state index contributed by atoms with van der Waals surface area (Å²) in [6.45, 7) is 1.77. The molecule has 28 heavy (non-hydrogen) atoms. The van der Waals surface area contributed by atoms with Crippen LogP contribution in [0.3, 0.4) is 0 Å². The molecule has 1 aliphatic heterocycles. The van der Waals surface area contributed by atoms with Crippen LogP contribution in [0.5, 0.6) is 0 Å². The first-order valence-corrected chi connectivity index (χ1v) is 9.55. The molecule has 0 unspecified atom stereocenters. The molecule has 0 radical (unpaired) electrons. The number of aliphatic hydroxyl groups is 1. The van der Waals surface area contributed by atoms with E-state index in [0.29, 0.717) is 23.8 Å². The molecule has 4 rings (SSSR count). The number of hydrogen-bond acceptors (Lipinski definition) is 4. The molecule has 8 heteroatoms. The maximum atomic E-state index is 14.5. The molecule has 3 aromatic rings. The van der Waals surface area contributed by atoms with Crippen LogP contribution in [-0.4, -0.2) is 43.5 Å². The summed E-state index contributed by atoms with van der Waals surface area (Å²) < 4.78 is 31.4. The third kappa shape index (κ3) is 3.76. The monoisotopic (exact) mass is 402 g/mol. The maximum absolute atomic E-state index is 14.5. The van der Waals surface area contributed by atoms with Gasteiger partial charge >= 0.3 is 0 Å². The molecule has 1 fully saturated rings. The largest absolute Gasteiger partial charge is 0.392 e. The molecule has 1 N–H and O–H groups in total. The second kappa shape index (κ2) is 7.90. The molecule has 0 saturated carbocycles. The highest BCUT2D eigenvalue weighted by molar-refractivity contribution is 7.71. The van der Waals surface area contributed by atoms with E-state index >= 15 is 0 Å². The van der Waals surface area contributed by atoms with Crippen molar-refractivity contribution in [3.8, 4) is 17.1 Å². The predicted octanol–water partition coefficient (Wildman–Crippen LogP) is 3.76. The van der Waals surface area contributed by atoms with Crippen LogP contribution in [0.1, 0.15) is 12.8 Å². The third-order valence-corrected chi connectivity index (χ3v) is 5.23. The van der Waals surface area contributed by atoms with Crippen molar-refractivity contribution < 1.29 is 13.9 Å². The van der Waals surface area contributed by atoms with Crippen LogP contribution < -0.4 is 0 Å². The summed E-state index contributed by atoms with van der Waals surface area (Å²) in [4.78, 5) is 2.07. The number of piperidine rings is 1. The Morgan fingerprint density at radius 2 is 1.93 bits per heavy atom. The normalized spacial score (nSPS) is 17.8. The minimum atomic E-state index is -0.707. The van der Waals surface area contributed by atoms with Crippen LogP contribution in [0, 0.1) is 16.4 Å². The molecule has 2 heterocycles. The summed E-state index contributed by atoms with van der Waals surface area (Å²) in [7, 11) is 0. The second-order valence-corrected chi connectivity index (χ2v) is 7.28. The van der Waals surface area contributed by atoms with Crippen molar-refractivity contribution in [3.63, 3.8) is 0 Å². The summed E-state index contributed by atoms with van der Waals surface area (Å²) >= 11 is 5.60. The lowest BCUT2D eigenvalue weighted by Crippen LogP contribution is -2.39. The molecule has 146 valence electrons. The number of aromatic nitrogens is 3. The van der Waals surface area contributed by atoms with E-state index in [2.05, 4.69) is 10.00 Å². The van der Waals surface area contributed by atoms with E-state index in [9.17, 15) is 13.9 Å². The summed E-state index contributed by atoms with van der Waals surface area (Å²) in [5.41, 5.74) is 0.921. The smallest absolute Gasteiger partial charge is 0.204 e. The molecule has 1 atom stereocenters. The second-order valence-electron chi connectivity index (χ2n) is 6.92. The minimum absolute atomic E-state index is 0.148. The van der Waals surface area contributed by atoms with Gasteiger partial charge in [-0.15, -0.1) is 5.10 Å². The van der Waals surface area contributed by atoms with E-state index in [1.54, 1.807) is 4.68 Å². The van der Waals surface area contributed by atoms with Gasteiger partial charge in [-0.05, 0) is 37.2 Å². The molecule has 1 saturated heterocycles. The molecular weight excluding hydrogens is 382 g/mol. The van der Waals surface area contributed by atoms with Gasteiger partial charge in [0.1, 0.15) is 11.6 Å². The Labute approximate surface area is 166 Å². The minimum Gasteiger partial charge on any atom is -0.392 e. The molecule has 1 aromatic heterocycles. The van der Waals surface area contributed by atoms with Gasteiger partial charge in [-0.25, -0.2) is 13.5 Å². The van der Waals surface area contributed by atoms with Crippen molar-refractivity contribution in [1.82, 2.24) is 19.2 Å². The van der Waals surface area contributed by atoms with Crippen molar-refractivity contribution in [2.45, 2.75) is 25.6 Å². The van der Waals surface area contributed by atoms with E-state index in [0.717, 1.165) is 31.0 Å².